The minimum Gasteiger partial charge on any atom is -0.310 e. The molecule has 0 N–H and O–H groups in total. The van der Waals surface area contributed by atoms with Gasteiger partial charge in [0.2, 0.25) is 0 Å². The van der Waals surface area contributed by atoms with Crippen LogP contribution in [0.1, 0.15) is 25.0 Å². The fourth-order valence-electron chi connectivity index (χ4n) is 8.00. The summed E-state index contributed by atoms with van der Waals surface area (Å²) in [7, 11) is 0. The Morgan fingerprint density at radius 2 is 0.745 bits per heavy atom. The summed E-state index contributed by atoms with van der Waals surface area (Å²) in [6.45, 7) is 4.74. The molecule has 2 heteroatoms. The van der Waals surface area contributed by atoms with Gasteiger partial charge in [0, 0.05) is 39.5 Å². The maximum Gasteiger partial charge on any atom is 0.0488 e. The molecule has 0 fully saturated rings. The molecule has 0 saturated heterocycles. The molecule has 2 nitrogen and oxygen atoms in total. The van der Waals surface area contributed by atoms with Crippen molar-refractivity contribution in [1.29, 1.82) is 0 Å². The molecule has 0 atom stereocenters. The second kappa shape index (κ2) is 12.5. The Morgan fingerprint density at radius 1 is 0.333 bits per heavy atom. The Balaban J connectivity index is 1.36. The van der Waals surface area contributed by atoms with Gasteiger partial charge in [0.25, 0.3) is 0 Å². The maximum atomic E-state index is 2.48. The molecule has 0 bridgehead atoms. The average Bonchev–Trinajstić information content (AvgIpc) is 3.42. The molecular weight excluding hydrogens is 617 g/mol. The molecule has 0 spiro atoms. The molecule has 0 heterocycles. The number of fused-ring (bicyclic) bond motifs is 5. The van der Waals surface area contributed by atoms with Crippen molar-refractivity contribution in [2.24, 2.45) is 0 Å². The Kier molecular flexibility index (Phi) is 7.51. The molecule has 0 aromatic heterocycles. The summed E-state index contributed by atoms with van der Waals surface area (Å²) < 4.78 is 0. The Hall–Kier alpha value is -6.38. The molecule has 0 amide bonds. The van der Waals surface area contributed by atoms with E-state index in [1.807, 2.05) is 0 Å². The number of hydrogen-bond acceptors (Lipinski definition) is 2. The van der Waals surface area contributed by atoms with Gasteiger partial charge in [-0.3, -0.25) is 0 Å². The van der Waals surface area contributed by atoms with Crippen molar-refractivity contribution >= 4 is 44.9 Å². The smallest absolute Gasteiger partial charge is 0.0488 e. The van der Waals surface area contributed by atoms with Crippen LogP contribution in [0.15, 0.2) is 194 Å². The number of benzene rings is 8. The van der Waals surface area contributed by atoms with Crippen molar-refractivity contribution in [3.63, 3.8) is 0 Å². The van der Waals surface area contributed by atoms with Crippen LogP contribution in [0.3, 0.4) is 0 Å². The van der Waals surface area contributed by atoms with Gasteiger partial charge in [-0.05, 0) is 117 Å². The summed E-state index contributed by atoms with van der Waals surface area (Å²) in [5.41, 5.74) is 14.3. The Bertz CT molecular complexity index is 2310. The van der Waals surface area contributed by atoms with Crippen LogP contribution in [-0.4, -0.2) is 0 Å². The van der Waals surface area contributed by atoms with Crippen LogP contribution in [0, 0.1) is 0 Å². The number of nitrogens with zero attached hydrogens (tertiary/aromatic N) is 2. The third kappa shape index (κ3) is 5.28. The van der Waals surface area contributed by atoms with E-state index in [2.05, 4.69) is 218 Å². The fourth-order valence-corrected chi connectivity index (χ4v) is 8.00. The van der Waals surface area contributed by atoms with E-state index >= 15 is 0 Å². The molecule has 9 rings (SSSR count). The van der Waals surface area contributed by atoms with E-state index in [4.69, 9.17) is 0 Å². The molecule has 8 aromatic rings. The minimum absolute atomic E-state index is 0.134. The summed E-state index contributed by atoms with van der Waals surface area (Å²) in [4.78, 5) is 4.74. The SMILES string of the molecule is CC1(C)c2ccccc2-c2c1cc(-c1cc(N(c3ccccc3)c3ccccc3)cc(N(c3ccccc3)c3ccccc3)c1)c1ccccc21. The zero-order valence-electron chi connectivity index (χ0n) is 28.9. The van der Waals surface area contributed by atoms with Crippen LogP contribution in [0.5, 0.6) is 0 Å². The molecule has 1 aliphatic carbocycles. The monoisotopic (exact) mass is 654 g/mol. The Morgan fingerprint density at radius 3 is 1.24 bits per heavy atom. The summed E-state index contributed by atoms with van der Waals surface area (Å²) in [5, 5.41) is 2.55. The van der Waals surface area contributed by atoms with Gasteiger partial charge < -0.3 is 9.80 Å². The van der Waals surface area contributed by atoms with Crippen molar-refractivity contribution in [2.45, 2.75) is 19.3 Å². The highest BCUT2D eigenvalue weighted by Crippen LogP contribution is 2.54. The van der Waals surface area contributed by atoms with Crippen LogP contribution >= 0.6 is 0 Å². The van der Waals surface area contributed by atoms with Crippen molar-refractivity contribution in [2.75, 3.05) is 9.80 Å². The normalized spacial score (nSPS) is 12.7. The predicted octanol–water partition coefficient (Wildman–Crippen LogP) is 13.8. The first-order chi connectivity index (χ1) is 25.1. The highest BCUT2D eigenvalue weighted by molar-refractivity contribution is 6.09. The van der Waals surface area contributed by atoms with E-state index in [0.29, 0.717) is 0 Å². The molecule has 0 radical (unpaired) electrons. The van der Waals surface area contributed by atoms with Crippen molar-refractivity contribution in [1.82, 2.24) is 0 Å². The van der Waals surface area contributed by atoms with Crippen LogP contribution in [0.4, 0.5) is 34.1 Å². The largest absolute Gasteiger partial charge is 0.310 e. The van der Waals surface area contributed by atoms with Gasteiger partial charge in [-0.15, -0.1) is 0 Å². The maximum absolute atomic E-state index is 2.48. The zero-order chi connectivity index (χ0) is 34.4. The first-order valence-corrected chi connectivity index (χ1v) is 17.7. The van der Waals surface area contributed by atoms with Crippen molar-refractivity contribution in [3.05, 3.63) is 205 Å². The van der Waals surface area contributed by atoms with Gasteiger partial charge in [-0.2, -0.15) is 0 Å². The van der Waals surface area contributed by atoms with Gasteiger partial charge in [0.15, 0.2) is 0 Å². The molecule has 51 heavy (non-hydrogen) atoms. The minimum atomic E-state index is -0.134. The van der Waals surface area contributed by atoms with Crippen LogP contribution in [0.2, 0.25) is 0 Å². The van der Waals surface area contributed by atoms with E-state index in [0.717, 1.165) is 34.1 Å². The fraction of sp³-hybridized carbons (Fsp3) is 0.0612. The van der Waals surface area contributed by atoms with E-state index < -0.39 is 0 Å². The molecule has 0 saturated carbocycles. The van der Waals surface area contributed by atoms with E-state index in [9.17, 15) is 0 Å². The summed E-state index contributed by atoms with van der Waals surface area (Å²) in [6.07, 6.45) is 0. The topological polar surface area (TPSA) is 6.48 Å². The highest BCUT2D eigenvalue weighted by atomic mass is 15.2. The number of hydrogen-bond donors (Lipinski definition) is 0. The first-order valence-electron chi connectivity index (χ1n) is 17.7. The summed E-state index contributed by atoms with van der Waals surface area (Å²) in [6, 6.07) is 70.2. The number of para-hydroxylation sites is 4. The molecule has 244 valence electrons. The Labute approximate surface area is 300 Å². The lowest BCUT2D eigenvalue weighted by Crippen LogP contribution is -2.15. The molecule has 1 aliphatic rings. The van der Waals surface area contributed by atoms with Gasteiger partial charge in [0.1, 0.15) is 0 Å². The van der Waals surface area contributed by atoms with Crippen molar-refractivity contribution in [3.8, 4) is 22.3 Å². The quantitative estimate of drug-likeness (QED) is 0.169. The molecule has 0 unspecified atom stereocenters. The van der Waals surface area contributed by atoms with Crippen LogP contribution < -0.4 is 9.80 Å². The third-order valence-corrected chi connectivity index (χ3v) is 10.4. The van der Waals surface area contributed by atoms with Gasteiger partial charge in [-0.1, -0.05) is 135 Å². The standard InChI is InChI=1S/C49H38N2/c1-49(2)46-30-18-17-29-44(46)48-43-28-16-15-27-42(43)45(34-47(48)49)35-31-40(50(36-19-7-3-8-20-36)37-21-9-4-10-22-37)33-41(32-35)51(38-23-11-5-12-24-38)39-25-13-6-14-26-39/h3-34H,1-2H3. The van der Waals surface area contributed by atoms with E-state index in [1.54, 1.807) is 0 Å². The van der Waals surface area contributed by atoms with E-state index in [-0.39, 0.29) is 5.41 Å². The third-order valence-electron chi connectivity index (χ3n) is 10.4. The second-order valence-electron chi connectivity index (χ2n) is 13.8. The second-order valence-corrected chi connectivity index (χ2v) is 13.8. The lowest BCUT2D eigenvalue weighted by atomic mass is 9.80. The summed E-state index contributed by atoms with van der Waals surface area (Å²) >= 11 is 0. The number of anilines is 6. The summed E-state index contributed by atoms with van der Waals surface area (Å²) in [5.74, 6) is 0. The molecular formula is C49H38N2. The van der Waals surface area contributed by atoms with Gasteiger partial charge in [-0.25, -0.2) is 0 Å². The van der Waals surface area contributed by atoms with Crippen LogP contribution in [0.25, 0.3) is 33.0 Å². The highest BCUT2D eigenvalue weighted by Gasteiger charge is 2.37. The molecule has 8 aromatic carbocycles. The lowest BCUT2D eigenvalue weighted by Gasteiger charge is -2.30. The van der Waals surface area contributed by atoms with Gasteiger partial charge in [0.05, 0.1) is 0 Å². The van der Waals surface area contributed by atoms with Gasteiger partial charge >= 0.3 is 0 Å². The van der Waals surface area contributed by atoms with Crippen molar-refractivity contribution < 1.29 is 0 Å². The average molecular weight is 655 g/mol. The first kappa shape index (κ1) is 30.7. The predicted molar refractivity (Wildman–Crippen MR) is 216 cm³/mol. The number of rotatable bonds is 7. The lowest BCUT2D eigenvalue weighted by molar-refractivity contribution is 0.661. The molecule has 0 aliphatic heterocycles. The van der Waals surface area contributed by atoms with E-state index in [1.165, 1.54) is 44.2 Å². The van der Waals surface area contributed by atoms with Crippen LogP contribution in [-0.2, 0) is 5.41 Å². The zero-order valence-corrected chi connectivity index (χ0v) is 28.9.